The van der Waals surface area contributed by atoms with Crippen LogP contribution in [-0.4, -0.2) is 16.6 Å². The molecule has 0 saturated carbocycles. The summed E-state index contributed by atoms with van der Waals surface area (Å²) in [6, 6.07) is 4.09. The highest BCUT2D eigenvalue weighted by molar-refractivity contribution is 6.30. The first-order valence-electron chi connectivity index (χ1n) is 3.69. The highest BCUT2D eigenvalue weighted by Gasteiger charge is 2.11. The van der Waals surface area contributed by atoms with Crippen molar-refractivity contribution in [2.75, 3.05) is 6.61 Å². The number of hydrogen-bond donors (Lipinski definition) is 1. The van der Waals surface area contributed by atoms with E-state index in [1.165, 1.54) is 18.2 Å². The Bertz CT molecular complexity index is 420. The van der Waals surface area contributed by atoms with Crippen molar-refractivity contribution >= 4 is 17.3 Å². The lowest BCUT2D eigenvalue weighted by molar-refractivity contribution is -0.385. The number of hydrogen-bond acceptors (Lipinski definition) is 3. The fourth-order valence-electron chi connectivity index (χ4n) is 0.902. The number of aliphatic hydroxyl groups is 1. The fraction of sp³-hybridized carbons (Fsp3) is 0.111. The molecule has 1 aromatic rings. The quantitative estimate of drug-likeness (QED) is 0.436. The molecule has 0 spiro atoms. The molecule has 4 nitrogen and oxygen atoms in total. The SMILES string of the molecule is O=[N+]([O-])c1ccc(Cl)cc1C#CCO. The van der Waals surface area contributed by atoms with Crippen molar-refractivity contribution in [3.05, 3.63) is 38.9 Å². The van der Waals surface area contributed by atoms with Gasteiger partial charge in [-0.05, 0) is 12.1 Å². The van der Waals surface area contributed by atoms with Crippen molar-refractivity contribution in [1.82, 2.24) is 0 Å². The maximum atomic E-state index is 10.5. The van der Waals surface area contributed by atoms with E-state index >= 15 is 0 Å². The molecule has 0 aliphatic carbocycles. The number of benzene rings is 1. The summed E-state index contributed by atoms with van der Waals surface area (Å²) >= 11 is 5.65. The monoisotopic (exact) mass is 211 g/mol. The Hall–Kier alpha value is -1.57. The molecule has 0 fully saturated rings. The van der Waals surface area contributed by atoms with E-state index in [2.05, 4.69) is 11.8 Å². The summed E-state index contributed by atoms with van der Waals surface area (Å²) in [5.41, 5.74) is 0.0897. The second-order valence-electron chi connectivity index (χ2n) is 2.38. The molecule has 0 saturated heterocycles. The first-order chi connectivity index (χ1) is 6.65. The van der Waals surface area contributed by atoms with Crippen LogP contribution >= 0.6 is 11.6 Å². The van der Waals surface area contributed by atoms with Gasteiger partial charge in [0, 0.05) is 11.1 Å². The molecule has 0 atom stereocenters. The van der Waals surface area contributed by atoms with Crippen LogP contribution in [0.25, 0.3) is 0 Å². The highest BCUT2D eigenvalue weighted by atomic mass is 35.5. The Morgan fingerprint density at radius 1 is 1.57 bits per heavy atom. The summed E-state index contributed by atoms with van der Waals surface area (Å²) in [5, 5.41) is 19.4. The number of rotatable bonds is 1. The van der Waals surface area contributed by atoms with Gasteiger partial charge in [0.15, 0.2) is 0 Å². The van der Waals surface area contributed by atoms with Crippen molar-refractivity contribution in [1.29, 1.82) is 0 Å². The van der Waals surface area contributed by atoms with Gasteiger partial charge in [0.2, 0.25) is 0 Å². The second kappa shape index (κ2) is 4.61. The van der Waals surface area contributed by atoms with Crippen LogP contribution in [0, 0.1) is 22.0 Å². The van der Waals surface area contributed by atoms with E-state index in [1.807, 2.05) is 0 Å². The van der Waals surface area contributed by atoms with Crippen LogP contribution in [0.4, 0.5) is 5.69 Å². The molecular formula is C9H6ClNO3. The summed E-state index contributed by atoms with van der Waals surface area (Å²) in [6.45, 7) is -0.344. The summed E-state index contributed by atoms with van der Waals surface area (Å²) < 4.78 is 0. The summed E-state index contributed by atoms with van der Waals surface area (Å²) in [4.78, 5) is 9.98. The van der Waals surface area contributed by atoms with Crippen molar-refractivity contribution in [2.45, 2.75) is 0 Å². The molecule has 0 aromatic heterocycles. The largest absolute Gasteiger partial charge is 0.384 e. The van der Waals surface area contributed by atoms with Crippen molar-refractivity contribution < 1.29 is 10.0 Å². The zero-order valence-corrected chi connectivity index (χ0v) is 7.78. The molecule has 72 valence electrons. The Kier molecular flexibility index (Phi) is 3.46. The van der Waals surface area contributed by atoms with Crippen LogP contribution in [0.5, 0.6) is 0 Å². The van der Waals surface area contributed by atoms with Gasteiger partial charge >= 0.3 is 0 Å². The number of nitrogens with zero attached hydrogens (tertiary/aromatic N) is 1. The summed E-state index contributed by atoms with van der Waals surface area (Å²) in [7, 11) is 0. The average Bonchev–Trinajstić information content (AvgIpc) is 2.14. The minimum Gasteiger partial charge on any atom is -0.384 e. The van der Waals surface area contributed by atoms with Crippen LogP contribution in [0.3, 0.4) is 0 Å². The minimum absolute atomic E-state index is 0.115. The van der Waals surface area contributed by atoms with Crippen LogP contribution in [0.2, 0.25) is 5.02 Å². The van der Waals surface area contributed by atoms with Crippen LogP contribution < -0.4 is 0 Å². The molecular weight excluding hydrogens is 206 g/mol. The van der Waals surface area contributed by atoms with Gasteiger partial charge in [-0.2, -0.15) is 0 Å². The lowest BCUT2D eigenvalue weighted by atomic mass is 10.2. The van der Waals surface area contributed by atoms with Crippen LogP contribution in [0.1, 0.15) is 5.56 Å². The molecule has 1 aromatic carbocycles. The van der Waals surface area contributed by atoms with Gasteiger partial charge in [-0.15, -0.1) is 0 Å². The van der Waals surface area contributed by atoms with Gasteiger partial charge < -0.3 is 5.11 Å². The zero-order chi connectivity index (χ0) is 10.6. The minimum atomic E-state index is -0.544. The van der Waals surface area contributed by atoms with Gasteiger partial charge in [0.1, 0.15) is 12.2 Å². The molecule has 1 rings (SSSR count). The maximum Gasteiger partial charge on any atom is 0.285 e. The first kappa shape index (κ1) is 10.5. The second-order valence-corrected chi connectivity index (χ2v) is 2.81. The maximum absolute atomic E-state index is 10.5. The highest BCUT2D eigenvalue weighted by Crippen LogP contribution is 2.21. The van der Waals surface area contributed by atoms with E-state index in [4.69, 9.17) is 16.7 Å². The molecule has 5 heteroatoms. The Morgan fingerprint density at radius 3 is 2.86 bits per heavy atom. The summed E-state index contributed by atoms with van der Waals surface area (Å²) in [5.74, 6) is 4.79. The molecule has 0 heterocycles. The summed E-state index contributed by atoms with van der Waals surface area (Å²) in [6.07, 6.45) is 0. The fourth-order valence-corrected chi connectivity index (χ4v) is 1.07. The molecule has 0 bridgehead atoms. The molecule has 0 aliphatic heterocycles. The number of aliphatic hydroxyl groups excluding tert-OH is 1. The van der Waals surface area contributed by atoms with Crippen molar-refractivity contribution in [3.63, 3.8) is 0 Å². The van der Waals surface area contributed by atoms with Crippen LogP contribution in [-0.2, 0) is 0 Å². The van der Waals surface area contributed by atoms with Gasteiger partial charge in [0.05, 0.1) is 4.92 Å². The number of halogens is 1. The topological polar surface area (TPSA) is 63.4 Å². The molecule has 14 heavy (non-hydrogen) atoms. The van der Waals surface area contributed by atoms with Gasteiger partial charge in [0.25, 0.3) is 5.69 Å². The average molecular weight is 212 g/mol. The number of nitro benzene ring substituents is 1. The van der Waals surface area contributed by atoms with E-state index in [1.54, 1.807) is 0 Å². The third kappa shape index (κ3) is 2.46. The molecule has 0 aliphatic rings. The molecule has 1 N–H and O–H groups in total. The van der Waals surface area contributed by atoms with E-state index in [0.29, 0.717) is 5.02 Å². The van der Waals surface area contributed by atoms with Gasteiger partial charge in [-0.3, -0.25) is 10.1 Å². The number of nitro groups is 1. The molecule has 0 radical (unpaired) electrons. The molecule has 0 amide bonds. The third-order valence-corrected chi connectivity index (χ3v) is 1.69. The Balaban J connectivity index is 3.22. The Labute approximate surface area is 85.3 Å². The normalized spacial score (nSPS) is 9.00. The predicted molar refractivity (Wildman–Crippen MR) is 52.1 cm³/mol. The smallest absolute Gasteiger partial charge is 0.285 e. The van der Waals surface area contributed by atoms with Crippen LogP contribution in [0.15, 0.2) is 18.2 Å². The third-order valence-electron chi connectivity index (χ3n) is 1.46. The standard InChI is InChI=1S/C9H6ClNO3/c10-8-3-4-9(11(13)14)7(6-8)2-1-5-12/h3-4,6,12H,5H2. The lowest BCUT2D eigenvalue weighted by Crippen LogP contribution is -1.91. The van der Waals surface area contributed by atoms with E-state index in [9.17, 15) is 10.1 Å². The van der Waals surface area contributed by atoms with Gasteiger partial charge in [-0.1, -0.05) is 23.4 Å². The van der Waals surface area contributed by atoms with Gasteiger partial charge in [-0.25, -0.2) is 0 Å². The van der Waals surface area contributed by atoms with E-state index in [0.717, 1.165) is 0 Å². The Morgan fingerprint density at radius 2 is 2.29 bits per heavy atom. The van der Waals surface area contributed by atoms with E-state index in [-0.39, 0.29) is 17.9 Å². The van der Waals surface area contributed by atoms with E-state index < -0.39 is 4.92 Å². The first-order valence-corrected chi connectivity index (χ1v) is 4.06. The predicted octanol–water partition coefficient (Wildman–Crippen LogP) is 1.59. The van der Waals surface area contributed by atoms with Crippen molar-refractivity contribution in [2.24, 2.45) is 0 Å². The molecule has 0 unspecified atom stereocenters. The lowest BCUT2D eigenvalue weighted by Gasteiger charge is -1.95. The van der Waals surface area contributed by atoms with Crippen molar-refractivity contribution in [3.8, 4) is 11.8 Å². The zero-order valence-electron chi connectivity index (χ0n) is 7.03.